The van der Waals surface area contributed by atoms with Crippen LogP contribution < -0.4 is 0 Å². The molecule has 0 aromatic carbocycles. The molecular weight excluding hydrogens is 292 g/mol. The average molecular weight is 314 g/mol. The minimum absolute atomic E-state index is 0.0521. The Bertz CT molecular complexity index is 631. The summed E-state index contributed by atoms with van der Waals surface area (Å²) in [7, 11) is -3.65. The van der Waals surface area contributed by atoms with Crippen LogP contribution in [0.4, 0.5) is 0 Å². The maximum atomic E-state index is 12.7. The molecule has 1 saturated carbocycles. The molecule has 6 nitrogen and oxygen atoms in total. The molecule has 1 atom stereocenters. The summed E-state index contributed by atoms with van der Waals surface area (Å²) in [6, 6.07) is 1.29. The van der Waals surface area contributed by atoms with E-state index in [4.69, 9.17) is 0 Å². The van der Waals surface area contributed by atoms with E-state index in [9.17, 15) is 18.3 Å². The Balaban J connectivity index is 2.44. The molecule has 0 spiro atoms. The highest BCUT2D eigenvalue weighted by Gasteiger charge is 2.33. The van der Waals surface area contributed by atoms with Crippen LogP contribution in [0.1, 0.15) is 56.6 Å². The van der Waals surface area contributed by atoms with Gasteiger partial charge in [0.25, 0.3) is 0 Å². The number of carboxylic acids is 1. The van der Waals surface area contributed by atoms with Gasteiger partial charge in [-0.25, -0.2) is 13.2 Å². The minimum atomic E-state index is -3.65. The lowest BCUT2D eigenvalue weighted by molar-refractivity contribution is 0.0685. The zero-order valence-corrected chi connectivity index (χ0v) is 13.4. The first kappa shape index (κ1) is 16.0. The quantitative estimate of drug-likeness (QED) is 0.837. The Morgan fingerprint density at radius 2 is 2.10 bits per heavy atom. The number of carboxylic acid groups (broad SMARTS) is 1. The van der Waals surface area contributed by atoms with Gasteiger partial charge in [0.2, 0.25) is 10.0 Å². The number of aromatic carboxylic acids is 1. The second kappa shape index (κ2) is 5.81. The van der Waals surface area contributed by atoms with Crippen molar-refractivity contribution in [2.24, 2.45) is 0 Å². The predicted molar refractivity (Wildman–Crippen MR) is 79.0 cm³/mol. The molecule has 1 aromatic rings. The molecule has 0 radical (unpaired) electrons. The van der Waals surface area contributed by atoms with Crippen LogP contribution >= 0.6 is 0 Å². The molecule has 1 aromatic heterocycles. The third-order valence-electron chi connectivity index (χ3n) is 3.98. The van der Waals surface area contributed by atoms with E-state index in [1.165, 1.54) is 16.6 Å². The van der Waals surface area contributed by atoms with Gasteiger partial charge in [-0.15, -0.1) is 0 Å². The molecule has 7 heteroatoms. The summed E-state index contributed by atoms with van der Waals surface area (Å²) in [5.41, 5.74) is 0.0521. The summed E-state index contributed by atoms with van der Waals surface area (Å²) in [5, 5.41) is 9.24. The van der Waals surface area contributed by atoms with E-state index in [1.54, 1.807) is 11.5 Å². The minimum Gasteiger partial charge on any atom is -0.477 e. The van der Waals surface area contributed by atoms with Crippen LogP contribution in [0.25, 0.3) is 0 Å². The second-order valence-corrected chi connectivity index (χ2v) is 7.36. The molecule has 1 N–H and O–H groups in total. The Morgan fingerprint density at radius 3 is 2.52 bits per heavy atom. The fourth-order valence-electron chi connectivity index (χ4n) is 2.48. The lowest BCUT2D eigenvalue weighted by atomic mass is 10.3. The molecule has 0 saturated heterocycles. The van der Waals surface area contributed by atoms with Gasteiger partial charge in [-0.3, -0.25) is 0 Å². The van der Waals surface area contributed by atoms with Crippen LogP contribution in [0.2, 0.25) is 0 Å². The van der Waals surface area contributed by atoms with E-state index < -0.39 is 16.0 Å². The largest absolute Gasteiger partial charge is 0.477 e. The van der Waals surface area contributed by atoms with Crippen molar-refractivity contribution in [1.29, 1.82) is 0 Å². The molecule has 1 aliphatic carbocycles. The predicted octanol–water partition coefficient (Wildman–Crippen LogP) is 2.33. The van der Waals surface area contributed by atoms with Gasteiger partial charge in [0.1, 0.15) is 10.6 Å². The number of hydrogen-bond acceptors (Lipinski definition) is 3. The highest BCUT2D eigenvalue weighted by Crippen LogP contribution is 2.37. The van der Waals surface area contributed by atoms with E-state index in [0.29, 0.717) is 13.0 Å². The fraction of sp³-hybridized carbons (Fsp3) is 0.643. The molecule has 2 rings (SSSR count). The normalized spacial score (nSPS) is 17.1. The fourth-order valence-corrected chi connectivity index (χ4v) is 4.22. The van der Waals surface area contributed by atoms with E-state index in [-0.39, 0.29) is 22.7 Å². The maximum absolute atomic E-state index is 12.7. The van der Waals surface area contributed by atoms with Crippen LogP contribution in [0.5, 0.6) is 0 Å². The van der Waals surface area contributed by atoms with Crippen LogP contribution in [0.15, 0.2) is 17.2 Å². The van der Waals surface area contributed by atoms with Gasteiger partial charge in [0.15, 0.2) is 0 Å². The summed E-state index contributed by atoms with van der Waals surface area (Å²) >= 11 is 0. The van der Waals surface area contributed by atoms with Crippen LogP contribution in [0.3, 0.4) is 0 Å². The van der Waals surface area contributed by atoms with Crippen molar-refractivity contribution < 1.29 is 18.3 Å². The van der Waals surface area contributed by atoms with Gasteiger partial charge in [-0.05, 0) is 32.3 Å². The first-order chi connectivity index (χ1) is 9.82. The number of hydrogen-bond donors (Lipinski definition) is 1. The summed E-state index contributed by atoms with van der Waals surface area (Å²) < 4.78 is 28.4. The van der Waals surface area contributed by atoms with Crippen molar-refractivity contribution >= 4 is 16.0 Å². The van der Waals surface area contributed by atoms with Crippen LogP contribution in [-0.2, 0) is 10.0 Å². The third kappa shape index (κ3) is 2.98. The molecule has 21 heavy (non-hydrogen) atoms. The molecule has 0 amide bonds. The van der Waals surface area contributed by atoms with Gasteiger partial charge in [0.05, 0.1) is 0 Å². The Kier molecular flexibility index (Phi) is 4.43. The topological polar surface area (TPSA) is 79.6 Å². The van der Waals surface area contributed by atoms with E-state index >= 15 is 0 Å². The van der Waals surface area contributed by atoms with Crippen molar-refractivity contribution in [3.05, 3.63) is 18.0 Å². The van der Waals surface area contributed by atoms with Crippen molar-refractivity contribution in [3.63, 3.8) is 0 Å². The van der Waals surface area contributed by atoms with Crippen molar-refractivity contribution in [2.45, 2.75) is 57.0 Å². The zero-order chi connectivity index (χ0) is 15.8. The maximum Gasteiger partial charge on any atom is 0.352 e. The first-order valence-electron chi connectivity index (χ1n) is 7.29. The number of sulfonamides is 1. The number of carbonyl (C=O) groups is 1. The number of aromatic nitrogens is 1. The van der Waals surface area contributed by atoms with E-state index in [1.807, 2.05) is 13.8 Å². The Hall–Kier alpha value is -1.34. The Labute approximate surface area is 125 Å². The molecule has 0 bridgehead atoms. The SMILES string of the molecule is CCC(C)N(CC)S(=O)(=O)c1cc(C(=O)O)n(C2CC2)c1. The lowest BCUT2D eigenvalue weighted by Gasteiger charge is -2.25. The molecule has 0 aliphatic heterocycles. The van der Waals surface area contributed by atoms with E-state index in [0.717, 1.165) is 12.8 Å². The molecule has 1 heterocycles. The summed E-state index contributed by atoms with van der Waals surface area (Å²) in [6.45, 7) is 5.95. The van der Waals surface area contributed by atoms with Gasteiger partial charge >= 0.3 is 5.97 Å². The van der Waals surface area contributed by atoms with Gasteiger partial charge in [-0.2, -0.15) is 4.31 Å². The highest BCUT2D eigenvalue weighted by molar-refractivity contribution is 7.89. The molecule has 118 valence electrons. The van der Waals surface area contributed by atoms with Gasteiger partial charge in [0, 0.05) is 24.8 Å². The molecule has 1 fully saturated rings. The highest BCUT2D eigenvalue weighted by atomic mass is 32.2. The lowest BCUT2D eigenvalue weighted by Crippen LogP contribution is -2.37. The number of rotatable bonds is 7. The van der Waals surface area contributed by atoms with Crippen molar-refractivity contribution in [1.82, 2.24) is 8.87 Å². The average Bonchev–Trinajstić information content (AvgIpc) is 3.16. The molecular formula is C14H22N2O4S. The van der Waals surface area contributed by atoms with Gasteiger partial charge < -0.3 is 9.67 Å². The second-order valence-electron chi connectivity index (χ2n) is 5.47. The van der Waals surface area contributed by atoms with Crippen molar-refractivity contribution in [3.8, 4) is 0 Å². The van der Waals surface area contributed by atoms with Gasteiger partial charge in [-0.1, -0.05) is 13.8 Å². The zero-order valence-electron chi connectivity index (χ0n) is 12.6. The molecule has 1 aliphatic rings. The summed E-state index contributed by atoms with van der Waals surface area (Å²) in [5.74, 6) is -1.09. The Morgan fingerprint density at radius 1 is 1.48 bits per heavy atom. The van der Waals surface area contributed by atoms with Crippen molar-refractivity contribution in [2.75, 3.05) is 6.54 Å². The molecule has 1 unspecified atom stereocenters. The summed E-state index contributed by atoms with van der Waals surface area (Å²) in [6.07, 6.45) is 3.98. The monoisotopic (exact) mass is 314 g/mol. The standard InChI is InChI=1S/C14H22N2O4S/c1-4-10(3)16(5-2)21(19,20)12-8-13(14(17)18)15(9-12)11-6-7-11/h8-11H,4-7H2,1-3H3,(H,17,18). The first-order valence-corrected chi connectivity index (χ1v) is 8.73. The summed E-state index contributed by atoms with van der Waals surface area (Å²) in [4.78, 5) is 11.4. The van der Waals surface area contributed by atoms with Crippen LogP contribution in [-0.4, -0.2) is 41.0 Å². The number of nitrogens with zero attached hydrogens (tertiary/aromatic N) is 2. The third-order valence-corrected chi connectivity index (χ3v) is 6.04. The van der Waals surface area contributed by atoms with E-state index in [2.05, 4.69) is 0 Å². The smallest absolute Gasteiger partial charge is 0.352 e. The van der Waals surface area contributed by atoms with Crippen LogP contribution in [0, 0.1) is 0 Å².